The van der Waals surface area contributed by atoms with Crippen LogP contribution in [0.25, 0.3) is 0 Å². The highest BCUT2D eigenvalue weighted by Gasteiger charge is 2.02. The van der Waals surface area contributed by atoms with Crippen LogP contribution in [-0.2, 0) is 11.2 Å². The average Bonchev–Trinajstić information content (AvgIpc) is 2.58. The summed E-state index contributed by atoms with van der Waals surface area (Å²) in [6.45, 7) is 1.59. The second-order valence-corrected chi connectivity index (χ2v) is 4.86. The van der Waals surface area contributed by atoms with E-state index in [2.05, 4.69) is 15.6 Å². The average molecular weight is 315 g/mol. The fraction of sp³-hybridized carbons (Fsp3) is 0.294. The molecule has 0 unspecified atom stereocenters. The van der Waals surface area contributed by atoms with Crippen LogP contribution in [0.2, 0.25) is 0 Å². The van der Waals surface area contributed by atoms with Gasteiger partial charge in [-0.25, -0.2) is 4.79 Å². The monoisotopic (exact) mass is 315 g/mol. The van der Waals surface area contributed by atoms with Crippen LogP contribution in [0.4, 0.5) is 10.5 Å². The molecule has 0 atom stereocenters. The van der Waals surface area contributed by atoms with Gasteiger partial charge in [-0.05, 0) is 42.3 Å². The van der Waals surface area contributed by atoms with Gasteiger partial charge in [0.05, 0.1) is 6.61 Å². The van der Waals surface area contributed by atoms with Gasteiger partial charge in [0.2, 0.25) is 0 Å². The van der Waals surface area contributed by atoms with E-state index >= 15 is 0 Å². The number of amides is 2. The number of methoxy groups -OCH3 is 1. The maximum Gasteiger partial charge on any atom is 0.319 e. The van der Waals surface area contributed by atoms with Crippen LogP contribution in [0, 0.1) is 0 Å². The zero-order chi connectivity index (χ0) is 16.3. The number of hydrogen-bond acceptors (Lipinski definition) is 4. The van der Waals surface area contributed by atoms with Crippen molar-refractivity contribution < 1.29 is 14.3 Å². The number of rotatable bonds is 8. The van der Waals surface area contributed by atoms with Crippen molar-refractivity contribution in [3.05, 3.63) is 54.4 Å². The summed E-state index contributed by atoms with van der Waals surface area (Å²) in [6.07, 6.45) is 4.27. The molecule has 1 heterocycles. The molecule has 0 saturated carbocycles. The summed E-state index contributed by atoms with van der Waals surface area (Å²) < 4.78 is 10.4. The van der Waals surface area contributed by atoms with Gasteiger partial charge in [0.1, 0.15) is 12.4 Å². The van der Waals surface area contributed by atoms with E-state index in [0.717, 1.165) is 17.7 Å². The van der Waals surface area contributed by atoms with Gasteiger partial charge in [0.15, 0.2) is 0 Å². The normalized spacial score (nSPS) is 10.1. The van der Waals surface area contributed by atoms with Crippen LogP contribution in [0.15, 0.2) is 48.8 Å². The smallest absolute Gasteiger partial charge is 0.319 e. The SMILES string of the molecule is COCCOc1ccc(NC(=O)NCCc2cccnc2)cc1. The van der Waals surface area contributed by atoms with Crippen molar-refractivity contribution in [2.24, 2.45) is 0 Å². The van der Waals surface area contributed by atoms with E-state index in [-0.39, 0.29) is 6.03 Å². The van der Waals surface area contributed by atoms with E-state index in [1.807, 2.05) is 12.1 Å². The molecule has 0 aliphatic heterocycles. The summed E-state index contributed by atoms with van der Waals surface area (Å²) in [7, 11) is 1.63. The van der Waals surface area contributed by atoms with Crippen LogP contribution in [0.5, 0.6) is 5.75 Å². The van der Waals surface area contributed by atoms with Crippen molar-refractivity contribution >= 4 is 11.7 Å². The molecule has 1 aromatic heterocycles. The second kappa shape index (κ2) is 9.42. The number of ether oxygens (including phenoxy) is 2. The molecule has 6 heteroatoms. The second-order valence-electron chi connectivity index (χ2n) is 4.86. The van der Waals surface area contributed by atoms with Gasteiger partial charge in [0, 0.05) is 31.7 Å². The molecule has 0 bridgehead atoms. The summed E-state index contributed by atoms with van der Waals surface area (Å²) in [5.74, 6) is 0.740. The molecule has 2 aromatic rings. The van der Waals surface area contributed by atoms with Gasteiger partial charge in [-0.1, -0.05) is 6.07 Å². The minimum absolute atomic E-state index is 0.234. The molecule has 6 nitrogen and oxygen atoms in total. The van der Waals surface area contributed by atoms with Crippen molar-refractivity contribution in [2.75, 3.05) is 32.2 Å². The number of benzene rings is 1. The van der Waals surface area contributed by atoms with Gasteiger partial charge < -0.3 is 20.1 Å². The molecule has 23 heavy (non-hydrogen) atoms. The van der Waals surface area contributed by atoms with Gasteiger partial charge in [-0.2, -0.15) is 0 Å². The van der Waals surface area contributed by atoms with E-state index in [4.69, 9.17) is 9.47 Å². The Kier molecular flexibility index (Phi) is 6.87. The summed E-state index contributed by atoms with van der Waals surface area (Å²) in [5, 5.41) is 5.59. The lowest BCUT2D eigenvalue weighted by Gasteiger charge is -2.09. The number of aromatic nitrogens is 1. The van der Waals surface area contributed by atoms with Crippen LogP contribution >= 0.6 is 0 Å². The van der Waals surface area contributed by atoms with E-state index in [1.165, 1.54) is 0 Å². The predicted octanol–water partition coefficient (Wildman–Crippen LogP) is 2.47. The molecule has 2 N–H and O–H groups in total. The number of urea groups is 1. The van der Waals surface area contributed by atoms with E-state index in [0.29, 0.717) is 25.4 Å². The molecule has 0 saturated heterocycles. The Bertz CT molecular complexity index is 588. The number of nitrogens with one attached hydrogen (secondary N) is 2. The molecule has 2 amide bonds. The minimum atomic E-state index is -0.234. The summed E-state index contributed by atoms with van der Waals surface area (Å²) in [6, 6.07) is 10.8. The topological polar surface area (TPSA) is 72.5 Å². The lowest BCUT2D eigenvalue weighted by Crippen LogP contribution is -2.30. The first-order chi connectivity index (χ1) is 11.3. The number of anilines is 1. The fourth-order valence-electron chi connectivity index (χ4n) is 1.92. The van der Waals surface area contributed by atoms with Crippen LogP contribution in [0.1, 0.15) is 5.56 Å². The Morgan fingerprint density at radius 1 is 1.17 bits per heavy atom. The number of carbonyl (C=O) groups excluding carboxylic acids is 1. The fourth-order valence-corrected chi connectivity index (χ4v) is 1.92. The van der Waals surface area contributed by atoms with Crippen LogP contribution in [-0.4, -0.2) is 37.9 Å². The summed E-state index contributed by atoms with van der Waals surface area (Å²) >= 11 is 0. The molecule has 1 aromatic carbocycles. The highest BCUT2D eigenvalue weighted by Crippen LogP contribution is 2.15. The van der Waals surface area contributed by atoms with E-state index in [9.17, 15) is 4.79 Å². The van der Waals surface area contributed by atoms with Crippen LogP contribution in [0.3, 0.4) is 0 Å². The zero-order valence-corrected chi connectivity index (χ0v) is 13.1. The first-order valence-corrected chi connectivity index (χ1v) is 7.43. The molecule has 2 rings (SSSR count). The molecule has 0 radical (unpaired) electrons. The number of carbonyl (C=O) groups is 1. The number of nitrogens with zero attached hydrogens (tertiary/aromatic N) is 1. The van der Waals surface area contributed by atoms with E-state index in [1.54, 1.807) is 43.8 Å². The minimum Gasteiger partial charge on any atom is -0.491 e. The Balaban J connectivity index is 1.70. The zero-order valence-electron chi connectivity index (χ0n) is 13.1. The quantitative estimate of drug-likeness (QED) is 0.734. The first-order valence-electron chi connectivity index (χ1n) is 7.43. The Hall–Kier alpha value is -2.60. The molecule has 0 aliphatic carbocycles. The third-order valence-electron chi connectivity index (χ3n) is 3.09. The maximum absolute atomic E-state index is 11.8. The largest absolute Gasteiger partial charge is 0.491 e. The highest BCUT2D eigenvalue weighted by molar-refractivity contribution is 5.89. The Labute approximate surface area is 135 Å². The number of hydrogen-bond donors (Lipinski definition) is 2. The van der Waals surface area contributed by atoms with Gasteiger partial charge in [-0.3, -0.25) is 4.98 Å². The van der Waals surface area contributed by atoms with Crippen molar-refractivity contribution in [3.8, 4) is 5.75 Å². The Morgan fingerprint density at radius 2 is 2.00 bits per heavy atom. The molecular weight excluding hydrogens is 294 g/mol. The number of pyridine rings is 1. The standard InChI is InChI=1S/C17H21N3O3/c1-22-11-12-23-16-6-4-15(5-7-16)20-17(21)19-10-8-14-3-2-9-18-13-14/h2-7,9,13H,8,10-12H2,1H3,(H2,19,20,21). The first kappa shape index (κ1) is 16.8. The van der Waals surface area contributed by atoms with Crippen molar-refractivity contribution in [1.82, 2.24) is 10.3 Å². The van der Waals surface area contributed by atoms with Crippen molar-refractivity contribution in [1.29, 1.82) is 0 Å². The predicted molar refractivity (Wildman–Crippen MR) is 88.8 cm³/mol. The van der Waals surface area contributed by atoms with Crippen molar-refractivity contribution in [3.63, 3.8) is 0 Å². The highest BCUT2D eigenvalue weighted by atomic mass is 16.5. The molecule has 122 valence electrons. The lowest BCUT2D eigenvalue weighted by molar-refractivity contribution is 0.146. The molecule has 0 spiro atoms. The lowest BCUT2D eigenvalue weighted by atomic mass is 10.2. The third-order valence-corrected chi connectivity index (χ3v) is 3.09. The maximum atomic E-state index is 11.8. The van der Waals surface area contributed by atoms with Gasteiger partial charge in [-0.15, -0.1) is 0 Å². The van der Waals surface area contributed by atoms with E-state index < -0.39 is 0 Å². The summed E-state index contributed by atoms with van der Waals surface area (Å²) in [4.78, 5) is 15.8. The molecule has 0 fully saturated rings. The summed E-state index contributed by atoms with van der Waals surface area (Å²) in [5.41, 5.74) is 1.80. The third kappa shape index (κ3) is 6.36. The van der Waals surface area contributed by atoms with Crippen LogP contribution < -0.4 is 15.4 Å². The van der Waals surface area contributed by atoms with Crippen molar-refractivity contribution in [2.45, 2.75) is 6.42 Å². The van der Waals surface area contributed by atoms with Gasteiger partial charge in [0.25, 0.3) is 0 Å². The van der Waals surface area contributed by atoms with Gasteiger partial charge >= 0.3 is 6.03 Å². The molecular formula is C17H21N3O3. The molecule has 0 aliphatic rings. The Morgan fingerprint density at radius 3 is 2.70 bits per heavy atom.